The average Bonchev–Trinajstić information content (AvgIpc) is 2.12. The molecular weight excluding hydrogens is 188 g/mol. The predicted molar refractivity (Wildman–Crippen MR) is 63.7 cm³/mol. The third-order valence-electron chi connectivity index (χ3n) is 3.25. The highest BCUT2D eigenvalue weighted by Crippen LogP contribution is 2.31. The summed E-state index contributed by atoms with van der Waals surface area (Å²) in [5.74, 6) is 0.908. The molecule has 0 spiro atoms. The Labute approximate surface area is 94.4 Å². The van der Waals surface area contributed by atoms with E-state index in [9.17, 15) is 4.79 Å². The van der Waals surface area contributed by atoms with Crippen molar-refractivity contribution in [2.24, 2.45) is 11.8 Å². The van der Waals surface area contributed by atoms with Crippen LogP contribution in [0.5, 0.6) is 0 Å². The summed E-state index contributed by atoms with van der Waals surface area (Å²) in [7, 11) is 0. The summed E-state index contributed by atoms with van der Waals surface area (Å²) in [4.78, 5) is 11.1. The molecule has 0 rings (SSSR count). The second kappa shape index (κ2) is 6.14. The van der Waals surface area contributed by atoms with E-state index in [-0.39, 0.29) is 11.6 Å². The molecular formula is C13H26O2. The van der Waals surface area contributed by atoms with Gasteiger partial charge in [0.2, 0.25) is 0 Å². The van der Waals surface area contributed by atoms with E-state index in [1.54, 1.807) is 0 Å². The Kier molecular flexibility index (Phi) is 5.92. The molecule has 0 aromatic heterocycles. The van der Waals surface area contributed by atoms with E-state index in [1.807, 2.05) is 0 Å². The van der Waals surface area contributed by atoms with Gasteiger partial charge in [-0.25, -0.2) is 0 Å². The maximum atomic E-state index is 11.1. The van der Waals surface area contributed by atoms with Gasteiger partial charge in [-0.3, -0.25) is 4.79 Å². The molecule has 2 heteroatoms. The SMILES string of the molecule is CCC(C)C(C)(CCC(C)C)OC(C)=O. The van der Waals surface area contributed by atoms with Crippen LogP contribution in [0.15, 0.2) is 0 Å². The van der Waals surface area contributed by atoms with Gasteiger partial charge in [0.15, 0.2) is 0 Å². The van der Waals surface area contributed by atoms with Gasteiger partial charge >= 0.3 is 5.97 Å². The molecule has 0 bridgehead atoms. The van der Waals surface area contributed by atoms with Gasteiger partial charge in [0.25, 0.3) is 0 Å². The van der Waals surface area contributed by atoms with Gasteiger partial charge in [-0.05, 0) is 38.0 Å². The fourth-order valence-corrected chi connectivity index (χ4v) is 1.73. The van der Waals surface area contributed by atoms with E-state index >= 15 is 0 Å². The lowest BCUT2D eigenvalue weighted by Crippen LogP contribution is -2.38. The minimum atomic E-state index is -0.287. The molecule has 0 amide bonds. The lowest BCUT2D eigenvalue weighted by molar-refractivity contribution is -0.162. The number of ether oxygens (including phenoxy) is 1. The minimum absolute atomic E-state index is 0.165. The van der Waals surface area contributed by atoms with Crippen LogP contribution in [-0.2, 0) is 9.53 Å². The first-order chi connectivity index (χ1) is 6.81. The normalized spacial score (nSPS) is 17.3. The van der Waals surface area contributed by atoms with Gasteiger partial charge in [0, 0.05) is 6.92 Å². The number of esters is 1. The predicted octanol–water partition coefficient (Wildman–Crippen LogP) is 3.79. The largest absolute Gasteiger partial charge is 0.459 e. The van der Waals surface area contributed by atoms with Gasteiger partial charge in [0.05, 0.1) is 0 Å². The highest BCUT2D eigenvalue weighted by Gasteiger charge is 2.33. The molecule has 0 saturated heterocycles. The molecule has 2 atom stereocenters. The van der Waals surface area contributed by atoms with Crippen LogP contribution >= 0.6 is 0 Å². The Hall–Kier alpha value is -0.530. The van der Waals surface area contributed by atoms with Gasteiger partial charge in [0.1, 0.15) is 5.60 Å². The van der Waals surface area contributed by atoms with Crippen molar-refractivity contribution in [3.05, 3.63) is 0 Å². The maximum Gasteiger partial charge on any atom is 0.303 e. The lowest BCUT2D eigenvalue weighted by atomic mass is 9.83. The number of carbonyl (C=O) groups is 1. The summed E-state index contributed by atoms with van der Waals surface area (Å²) in [6.07, 6.45) is 3.11. The second-order valence-corrected chi connectivity index (χ2v) is 5.15. The molecule has 0 aliphatic carbocycles. The van der Waals surface area contributed by atoms with Crippen LogP contribution in [-0.4, -0.2) is 11.6 Å². The van der Waals surface area contributed by atoms with Crippen molar-refractivity contribution in [2.45, 2.75) is 66.4 Å². The first kappa shape index (κ1) is 14.5. The molecule has 0 aromatic rings. The number of hydrogen-bond donors (Lipinski definition) is 0. The van der Waals surface area contributed by atoms with Crippen molar-refractivity contribution in [2.75, 3.05) is 0 Å². The van der Waals surface area contributed by atoms with Gasteiger partial charge < -0.3 is 4.74 Å². The first-order valence-corrected chi connectivity index (χ1v) is 6.01. The fourth-order valence-electron chi connectivity index (χ4n) is 1.73. The number of hydrogen-bond acceptors (Lipinski definition) is 2. The van der Waals surface area contributed by atoms with Crippen molar-refractivity contribution in [1.82, 2.24) is 0 Å². The van der Waals surface area contributed by atoms with Gasteiger partial charge in [-0.1, -0.05) is 27.7 Å². The van der Waals surface area contributed by atoms with E-state index < -0.39 is 0 Å². The Bertz CT molecular complexity index is 199. The summed E-state index contributed by atoms with van der Waals surface area (Å²) in [6.45, 7) is 12.3. The van der Waals surface area contributed by atoms with Crippen LogP contribution in [0, 0.1) is 11.8 Å². The third-order valence-corrected chi connectivity index (χ3v) is 3.25. The van der Waals surface area contributed by atoms with Crippen LogP contribution in [0.2, 0.25) is 0 Å². The standard InChI is InChI=1S/C13H26O2/c1-7-11(4)13(6,15-12(5)14)9-8-10(2)3/h10-11H,7-9H2,1-6H3. The van der Waals surface area contributed by atoms with Gasteiger partial charge in [-0.2, -0.15) is 0 Å². The fraction of sp³-hybridized carbons (Fsp3) is 0.923. The van der Waals surface area contributed by atoms with E-state index in [4.69, 9.17) is 4.74 Å². The molecule has 0 aromatic carbocycles. The Balaban J connectivity index is 4.46. The van der Waals surface area contributed by atoms with E-state index in [1.165, 1.54) is 6.92 Å². The van der Waals surface area contributed by atoms with Crippen LogP contribution in [0.25, 0.3) is 0 Å². The quantitative estimate of drug-likeness (QED) is 0.629. The number of carbonyl (C=O) groups excluding carboxylic acids is 1. The molecule has 90 valence electrons. The van der Waals surface area contributed by atoms with Crippen molar-refractivity contribution in [3.8, 4) is 0 Å². The topological polar surface area (TPSA) is 26.3 Å². The second-order valence-electron chi connectivity index (χ2n) is 5.15. The summed E-state index contributed by atoms with van der Waals surface area (Å²) in [5.41, 5.74) is -0.287. The molecule has 0 radical (unpaired) electrons. The van der Waals surface area contributed by atoms with Crippen molar-refractivity contribution in [1.29, 1.82) is 0 Å². The Morgan fingerprint density at radius 2 is 1.87 bits per heavy atom. The zero-order chi connectivity index (χ0) is 12.1. The third kappa shape index (κ3) is 5.19. The van der Waals surface area contributed by atoms with Crippen LogP contribution in [0.4, 0.5) is 0 Å². The number of rotatable bonds is 6. The molecule has 0 heterocycles. The van der Waals surface area contributed by atoms with Crippen LogP contribution < -0.4 is 0 Å². The smallest absolute Gasteiger partial charge is 0.303 e. The molecule has 0 saturated carbocycles. The Morgan fingerprint density at radius 1 is 1.33 bits per heavy atom. The zero-order valence-electron chi connectivity index (χ0n) is 11.1. The molecule has 0 fully saturated rings. The summed E-state index contributed by atoms with van der Waals surface area (Å²) in [5, 5.41) is 0. The molecule has 2 nitrogen and oxygen atoms in total. The molecule has 0 N–H and O–H groups in total. The van der Waals surface area contributed by atoms with Crippen molar-refractivity contribution in [3.63, 3.8) is 0 Å². The van der Waals surface area contributed by atoms with E-state index in [0.29, 0.717) is 11.8 Å². The highest BCUT2D eigenvalue weighted by molar-refractivity contribution is 5.66. The Morgan fingerprint density at radius 3 is 2.20 bits per heavy atom. The molecule has 0 aliphatic rings. The van der Waals surface area contributed by atoms with E-state index in [2.05, 4.69) is 34.6 Å². The molecule has 0 aliphatic heterocycles. The van der Waals surface area contributed by atoms with Crippen LogP contribution in [0.1, 0.15) is 60.8 Å². The first-order valence-electron chi connectivity index (χ1n) is 6.01. The monoisotopic (exact) mass is 214 g/mol. The van der Waals surface area contributed by atoms with Crippen LogP contribution in [0.3, 0.4) is 0 Å². The minimum Gasteiger partial charge on any atom is -0.459 e. The highest BCUT2D eigenvalue weighted by atomic mass is 16.6. The average molecular weight is 214 g/mol. The van der Waals surface area contributed by atoms with Crippen molar-refractivity contribution >= 4 is 5.97 Å². The zero-order valence-corrected chi connectivity index (χ0v) is 11.1. The van der Waals surface area contributed by atoms with E-state index in [0.717, 1.165) is 19.3 Å². The maximum absolute atomic E-state index is 11.1. The lowest BCUT2D eigenvalue weighted by Gasteiger charge is -2.35. The summed E-state index contributed by atoms with van der Waals surface area (Å²) < 4.78 is 5.50. The van der Waals surface area contributed by atoms with Gasteiger partial charge in [-0.15, -0.1) is 0 Å². The molecule has 2 unspecified atom stereocenters. The molecule has 15 heavy (non-hydrogen) atoms. The summed E-state index contributed by atoms with van der Waals surface area (Å²) >= 11 is 0. The van der Waals surface area contributed by atoms with Crippen molar-refractivity contribution < 1.29 is 9.53 Å². The summed E-state index contributed by atoms with van der Waals surface area (Å²) in [6, 6.07) is 0.